The molecule has 0 spiro atoms. The Morgan fingerprint density at radius 2 is 0.758 bits per heavy atom. The van der Waals surface area contributed by atoms with E-state index in [-0.39, 0.29) is 23.0 Å². The minimum atomic E-state index is 0.00854. The maximum absolute atomic E-state index is 9.02. The number of aliphatic hydroxyl groups is 2. The van der Waals surface area contributed by atoms with Crippen LogP contribution in [0.25, 0.3) is 0 Å². The predicted octanol–water partition coefficient (Wildman–Crippen LogP) is 20.3. The molecule has 10 heteroatoms. The summed E-state index contributed by atoms with van der Waals surface area (Å²) in [7, 11) is 0. The molecule has 0 radical (unpaired) electrons. The maximum atomic E-state index is 9.02. The first kappa shape index (κ1) is 92.7. The van der Waals surface area contributed by atoms with Crippen molar-refractivity contribution >= 4 is 5.69 Å². The van der Waals surface area contributed by atoms with Gasteiger partial charge in [-0.1, -0.05) is 224 Å². The first-order valence-electron chi connectivity index (χ1n) is 38.8. The number of aromatic hydroxyl groups is 1. The van der Waals surface area contributed by atoms with E-state index in [0.717, 1.165) is 78.3 Å². The fraction of sp³-hybridized carbons (Fsp3) is 0.859. The normalized spacial score (nSPS) is 30.1. The Hall–Kier alpha value is -2.28. The number of nitrogens with two attached hydrogens (primary N) is 6. The lowest BCUT2D eigenvalue weighted by Gasteiger charge is -2.41. The lowest BCUT2D eigenvalue weighted by Crippen LogP contribution is -2.42. The molecule has 0 amide bonds. The van der Waals surface area contributed by atoms with Gasteiger partial charge in [-0.15, -0.1) is 0 Å². The van der Waals surface area contributed by atoms with Crippen LogP contribution in [0.2, 0.25) is 0 Å². The Morgan fingerprint density at radius 3 is 0.968 bits per heavy atom. The molecule has 16 N–H and O–H groups in total. The van der Waals surface area contributed by atoms with Crippen molar-refractivity contribution in [3.63, 3.8) is 0 Å². The average Bonchev–Trinajstić information content (AvgIpc) is 1.60. The van der Waals surface area contributed by atoms with E-state index >= 15 is 0 Å². The van der Waals surface area contributed by atoms with Crippen LogP contribution in [0.4, 0.5) is 5.69 Å². The van der Waals surface area contributed by atoms with E-state index in [1.807, 2.05) is 52.0 Å². The third-order valence-electron chi connectivity index (χ3n) is 21.1. The van der Waals surface area contributed by atoms with Crippen LogP contribution in [0.5, 0.6) is 5.75 Å². The minimum Gasteiger partial charge on any atom is -0.508 e. The molecule has 2 aromatic rings. The fourth-order valence-electron chi connectivity index (χ4n) is 13.1. The Labute approximate surface area is 591 Å². The highest BCUT2D eigenvalue weighted by Gasteiger charge is 2.55. The van der Waals surface area contributed by atoms with Gasteiger partial charge in [-0.25, -0.2) is 0 Å². The van der Waals surface area contributed by atoms with Gasteiger partial charge in [0.25, 0.3) is 0 Å². The number of rotatable bonds is 1. The Morgan fingerprint density at radius 1 is 0.389 bits per heavy atom. The van der Waals surface area contributed by atoms with Gasteiger partial charge in [-0.2, -0.15) is 0 Å². The molecule has 0 aliphatic heterocycles. The summed E-state index contributed by atoms with van der Waals surface area (Å²) in [4.78, 5) is 0. The van der Waals surface area contributed by atoms with Gasteiger partial charge in [-0.05, 0) is 250 Å². The molecular weight excluding hydrogens is 1170 g/mol. The first-order valence-corrected chi connectivity index (χ1v) is 38.8. The second-order valence-corrected chi connectivity index (χ2v) is 39.0. The van der Waals surface area contributed by atoms with Crippen LogP contribution < -0.4 is 39.7 Å². The smallest absolute Gasteiger partial charge is 0.115 e. The van der Waals surface area contributed by atoms with Crippen LogP contribution in [0, 0.1) is 80.3 Å². The molecule has 9 saturated carbocycles. The van der Waals surface area contributed by atoms with E-state index < -0.39 is 0 Å². The van der Waals surface area contributed by atoms with Crippen LogP contribution in [-0.2, 0) is 10.8 Å². The molecule has 6 unspecified atom stereocenters. The van der Waals surface area contributed by atoms with Crippen molar-refractivity contribution in [3.05, 3.63) is 59.7 Å². The van der Waals surface area contributed by atoms with Crippen molar-refractivity contribution in [1.82, 2.24) is 5.32 Å². The van der Waals surface area contributed by atoms with Crippen molar-refractivity contribution < 1.29 is 15.3 Å². The summed E-state index contributed by atoms with van der Waals surface area (Å²) in [5.41, 5.74) is 40.6. The number of anilines is 1. The first-order chi connectivity index (χ1) is 43.2. The molecule has 9 fully saturated rings. The summed E-state index contributed by atoms with van der Waals surface area (Å²) >= 11 is 0. The zero-order valence-electron chi connectivity index (χ0n) is 68.5. The van der Waals surface area contributed by atoms with E-state index in [0.29, 0.717) is 74.5 Å². The Balaban J connectivity index is 0.00000103. The lowest BCUT2D eigenvalue weighted by atomic mass is 9.66. The second-order valence-electron chi connectivity index (χ2n) is 39.0. The van der Waals surface area contributed by atoms with Crippen LogP contribution in [-0.4, -0.2) is 69.3 Å². The molecule has 9 aliphatic rings. The molecule has 560 valence electrons. The van der Waals surface area contributed by atoms with Crippen LogP contribution >= 0.6 is 0 Å². The summed E-state index contributed by atoms with van der Waals surface area (Å²) in [5, 5.41) is 30.5. The van der Waals surface area contributed by atoms with Gasteiger partial charge in [0.1, 0.15) is 5.75 Å². The topological polar surface area (TPSA) is 229 Å². The molecule has 0 saturated heterocycles. The molecule has 95 heavy (non-hydrogen) atoms. The molecule has 2 aromatic carbocycles. The largest absolute Gasteiger partial charge is 0.508 e. The van der Waals surface area contributed by atoms with E-state index in [9.17, 15) is 0 Å². The summed E-state index contributed by atoms with van der Waals surface area (Å²) in [6.45, 7) is 66.2. The third-order valence-corrected chi connectivity index (χ3v) is 21.1. The van der Waals surface area contributed by atoms with E-state index in [2.05, 4.69) is 197 Å². The number of nitrogens with one attached hydrogen (secondary N) is 1. The number of fused-ring (bicyclic) bond motifs is 1. The zero-order chi connectivity index (χ0) is 74.2. The monoisotopic (exact) mass is 1330 g/mol. The van der Waals surface area contributed by atoms with Crippen molar-refractivity contribution in [2.45, 2.75) is 388 Å². The zero-order valence-corrected chi connectivity index (χ0v) is 68.5. The van der Waals surface area contributed by atoms with Gasteiger partial charge < -0.3 is 55.0 Å². The van der Waals surface area contributed by atoms with E-state index in [1.54, 1.807) is 12.1 Å². The van der Waals surface area contributed by atoms with Gasteiger partial charge in [-0.3, -0.25) is 0 Å². The lowest BCUT2D eigenvalue weighted by molar-refractivity contribution is -0.00927. The van der Waals surface area contributed by atoms with Gasteiger partial charge in [0.2, 0.25) is 0 Å². The van der Waals surface area contributed by atoms with Crippen molar-refractivity contribution in [2.24, 2.45) is 109 Å². The molecule has 8 atom stereocenters. The number of hydrogen-bond donors (Lipinski definition) is 10. The van der Waals surface area contributed by atoms with Crippen LogP contribution in [0.1, 0.15) is 334 Å². The van der Waals surface area contributed by atoms with Gasteiger partial charge in [0, 0.05) is 47.5 Å². The van der Waals surface area contributed by atoms with E-state index in [4.69, 9.17) is 49.7 Å². The Bertz CT molecular complexity index is 2120. The highest BCUT2D eigenvalue weighted by atomic mass is 16.3. The maximum Gasteiger partial charge on any atom is 0.115 e. The van der Waals surface area contributed by atoms with Gasteiger partial charge >= 0.3 is 0 Å². The Kier molecular flexibility index (Phi) is 40.0. The standard InChI is InChI=1S/C10H19N.C10H15N.C10H14O.C8H17N.C8H16O.4C7H15N.C7H14O.2C2H6/c1-10(2,3)6-4-7-8(5-6)9(7)11;2*1-10(2,3)8-4-6-9(11)7-5-8;2*1-8(2,3)6-4-7(9)5-6;1-7(2,3)8-6-4-5-6;1-7(2,3)5-4-6(5)8;1-6-2-4-7(8)5-3-6;1-6-3-2-4-7(8)5-6;1-7(2,3)5-4-6(5)8;2*1-2/h6-9H,4-5,11H2,1-3H3;4-7H,11H2,1-3H3;4-7,11H,1-3H3;6-7H,4-5,9H2,1-3H3;6-7,9H,4-5H2,1-3H3;6,8H,4-5H2,1-3H3;5-6H,4,8H2,1-3H3;2*6-7H,2-5,8H2,1H3;5-6,8H,4H2,1-3H3;2*1-2H3/t;;;;;;;;6-,7+;;;/m........1.../s1. The van der Waals surface area contributed by atoms with Crippen LogP contribution in [0.15, 0.2) is 48.5 Å². The molecular formula is C85H167N7O3. The number of benzene rings is 2. The molecule has 10 nitrogen and oxygen atoms in total. The molecule has 0 bridgehead atoms. The van der Waals surface area contributed by atoms with Crippen LogP contribution in [0.3, 0.4) is 0 Å². The highest BCUT2D eigenvalue weighted by molar-refractivity contribution is 5.41. The number of nitrogen functional groups attached to an aromatic ring is 1. The summed E-state index contributed by atoms with van der Waals surface area (Å²) in [6.07, 6.45) is 22.8. The van der Waals surface area contributed by atoms with Gasteiger partial charge in [0.15, 0.2) is 0 Å². The van der Waals surface area contributed by atoms with Crippen molar-refractivity contribution in [2.75, 3.05) is 5.73 Å². The number of hydrogen-bond acceptors (Lipinski definition) is 10. The molecule has 9 aliphatic carbocycles. The quantitative estimate of drug-likeness (QED) is 0.121. The average molecular weight is 1340 g/mol. The molecule has 0 aromatic heterocycles. The number of phenolic OH excluding ortho intramolecular Hbond substituents is 1. The summed E-state index contributed by atoms with van der Waals surface area (Å²) in [6, 6.07) is 18.9. The second kappa shape index (κ2) is 41.0. The van der Waals surface area contributed by atoms with Crippen molar-refractivity contribution in [3.8, 4) is 5.75 Å². The molecule has 0 heterocycles. The third kappa shape index (κ3) is 41.3. The van der Waals surface area contributed by atoms with Gasteiger partial charge in [0.05, 0.1) is 12.2 Å². The van der Waals surface area contributed by atoms with Crippen molar-refractivity contribution in [1.29, 1.82) is 0 Å². The number of aliphatic hydroxyl groups excluding tert-OH is 2. The minimum absolute atomic E-state index is 0.00854. The SMILES string of the molecule is CC.CC.CC(C)(C)C1CC(N)C1.CC(C)(C)C1CC(O)C1.CC(C)(C)C1CC1N.CC(C)(C)C1CC1O.CC(C)(C)C1CC2C(N)C2C1.CC(C)(C)NC1CC1.CC(C)(C)c1ccc(N)cc1.CC(C)(C)c1ccc(O)cc1.CC1CCC(N)CC1.C[C@@H]1CCC[C@H](N)C1. The fourth-order valence-corrected chi connectivity index (χ4v) is 13.1. The number of phenols is 1. The summed E-state index contributed by atoms with van der Waals surface area (Å²) in [5.74, 6) is 7.91. The predicted molar refractivity (Wildman–Crippen MR) is 421 cm³/mol. The molecule has 11 rings (SSSR count). The highest BCUT2D eigenvalue weighted by Crippen LogP contribution is 2.57. The van der Waals surface area contributed by atoms with E-state index in [1.165, 1.54) is 107 Å². The summed E-state index contributed by atoms with van der Waals surface area (Å²) < 4.78 is 0.